The average molecular weight is 443 g/mol. The maximum Gasteiger partial charge on any atom is 0.308 e. The van der Waals surface area contributed by atoms with E-state index < -0.39 is 59.9 Å². The van der Waals surface area contributed by atoms with Crippen LogP contribution in [0.5, 0.6) is 0 Å². The van der Waals surface area contributed by atoms with Gasteiger partial charge in [-0.2, -0.15) is 0 Å². The molecule has 2 atom stereocenters. The Hall–Kier alpha value is -2.85. The lowest BCUT2D eigenvalue weighted by molar-refractivity contribution is -0.158. The number of amides is 2. The lowest BCUT2D eigenvalue weighted by atomic mass is 10.1. The fraction of sp³-hybridized carbons (Fsp3) is 0.789. The van der Waals surface area contributed by atoms with E-state index in [9.17, 15) is 19.2 Å². The molecule has 2 amide bonds. The number of rotatable bonds is 11. The maximum absolute atomic E-state index is 12.5. The fourth-order valence-electron chi connectivity index (χ4n) is 2.22. The Morgan fingerprint density at radius 3 is 1.97 bits per heavy atom. The summed E-state index contributed by atoms with van der Waals surface area (Å²) >= 11 is 0. The normalized spacial score (nSPS) is 13.3. The standard InChI is InChI=1S/C19H34N6O6/c1-18(2,3)30-14(26)10-12(20)16(28)24-13(11-15(27)31-19(4,5)6)17(29)22-8-7-9-23-25-21/h12-13H,7-11,20H2,1-6H3,(H,22,29)(H,24,28). The van der Waals surface area contributed by atoms with Crippen molar-refractivity contribution in [3.8, 4) is 0 Å². The van der Waals surface area contributed by atoms with Crippen molar-refractivity contribution in [3.63, 3.8) is 0 Å². The number of nitrogens with two attached hydrogens (primary N) is 1. The molecule has 0 aliphatic carbocycles. The number of ether oxygens (including phenoxy) is 2. The summed E-state index contributed by atoms with van der Waals surface area (Å²) in [6, 6.07) is -2.53. The van der Waals surface area contributed by atoms with Gasteiger partial charge in [0, 0.05) is 18.0 Å². The van der Waals surface area contributed by atoms with Gasteiger partial charge in [-0.25, -0.2) is 0 Å². The van der Waals surface area contributed by atoms with E-state index in [2.05, 4.69) is 20.7 Å². The van der Waals surface area contributed by atoms with Gasteiger partial charge in [0.05, 0.1) is 18.9 Å². The van der Waals surface area contributed by atoms with Gasteiger partial charge in [-0.1, -0.05) is 5.11 Å². The zero-order chi connectivity index (χ0) is 24.2. The molecule has 4 N–H and O–H groups in total. The molecule has 0 heterocycles. The molecule has 31 heavy (non-hydrogen) atoms. The second kappa shape index (κ2) is 12.8. The van der Waals surface area contributed by atoms with Gasteiger partial charge in [0.15, 0.2) is 0 Å². The van der Waals surface area contributed by atoms with Crippen molar-refractivity contribution in [2.24, 2.45) is 10.8 Å². The number of azide groups is 1. The van der Waals surface area contributed by atoms with Crippen molar-refractivity contribution in [2.45, 2.75) is 84.1 Å². The van der Waals surface area contributed by atoms with Crippen molar-refractivity contribution < 1.29 is 28.7 Å². The highest BCUT2D eigenvalue weighted by Crippen LogP contribution is 2.11. The molecule has 0 aliphatic rings. The Kier molecular flexibility index (Phi) is 11.6. The number of esters is 2. The fourth-order valence-corrected chi connectivity index (χ4v) is 2.22. The van der Waals surface area contributed by atoms with Crippen molar-refractivity contribution in [1.29, 1.82) is 0 Å². The SMILES string of the molecule is CC(C)(C)OC(=O)CC(N)C(=O)NC(CC(=O)OC(C)(C)C)C(=O)NCCCN=[N+]=[N-]. The summed E-state index contributed by atoms with van der Waals surface area (Å²) in [5, 5.41) is 8.29. The van der Waals surface area contributed by atoms with Crippen molar-refractivity contribution in [1.82, 2.24) is 10.6 Å². The molecule has 0 spiro atoms. The van der Waals surface area contributed by atoms with E-state index in [4.69, 9.17) is 20.7 Å². The van der Waals surface area contributed by atoms with Crippen LogP contribution in [0.15, 0.2) is 5.11 Å². The molecule has 0 saturated heterocycles. The van der Waals surface area contributed by atoms with Crippen LogP contribution >= 0.6 is 0 Å². The third-order valence-corrected chi connectivity index (χ3v) is 3.36. The van der Waals surface area contributed by atoms with Crippen LogP contribution < -0.4 is 16.4 Å². The smallest absolute Gasteiger partial charge is 0.308 e. The molecule has 0 fully saturated rings. The zero-order valence-corrected chi connectivity index (χ0v) is 19.1. The van der Waals surface area contributed by atoms with Gasteiger partial charge in [-0.05, 0) is 53.5 Å². The van der Waals surface area contributed by atoms with Gasteiger partial charge in [0.25, 0.3) is 0 Å². The van der Waals surface area contributed by atoms with Crippen LogP contribution in [0.25, 0.3) is 10.4 Å². The van der Waals surface area contributed by atoms with Gasteiger partial charge in [0.2, 0.25) is 11.8 Å². The van der Waals surface area contributed by atoms with Gasteiger partial charge >= 0.3 is 11.9 Å². The number of nitrogens with one attached hydrogen (secondary N) is 2. The van der Waals surface area contributed by atoms with E-state index in [-0.39, 0.29) is 13.1 Å². The third-order valence-electron chi connectivity index (χ3n) is 3.36. The first-order valence-corrected chi connectivity index (χ1v) is 9.93. The summed E-state index contributed by atoms with van der Waals surface area (Å²) in [6.07, 6.45) is -0.443. The molecule has 0 radical (unpaired) electrons. The van der Waals surface area contributed by atoms with Gasteiger partial charge in [0.1, 0.15) is 17.2 Å². The molecular formula is C19H34N6O6. The topological polar surface area (TPSA) is 186 Å². The minimum absolute atomic E-state index is 0.169. The second-order valence-corrected chi connectivity index (χ2v) is 8.85. The summed E-state index contributed by atoms with van der Waals surface area (Å²) in [7, 11) is 0. The zero-order valence-electron chi connectivity index (χ0n) is 19.1. The Bertz CT molecular complexity index is 691. The van der Waals surface area contributed by atoms with Crippen molar-refractivity contribution >= 4 is 23.8 Å². The highest BCUT2D eigenvalue weighted by atomic mass is 16.6. The highest BCUT2D eigenvalue weighted by molar-refractivity contribution is 5.93. The predicted molar refractivity (Wildman–Crippen MR) is 112 cm³/mol. The van der Waals surface area contributed by atoms with Gasteiger partial charge < -0.3 is 25.8 Å². The van der Waals surface area contributed by atoms with Crippen LogP contribution in [0.2, 0.25) is 0 Å². The average Bonchev–Trinajstić information content (AvgIpc) is 2.57. The molecule has 0 rings (SSSR count). The number of hydrogen-bond donors (Lipinski definition) is 3. The maximum atomic E-state index is 12.5. The van der Waals surface area contributed by atoms with Crippen molar-refractivity contribution in [2.75, 3.05) is 13.1 Å². The van der Waals surface area contributed by atoms with E-state index >= 15 is 0 Å². The van der Waals surface area contributed by atoms with E-state index in [1.807, 2.05) is 0 Å². The Labute approximate surface area is 182 Å². The minimum atomic E-state index is -1.27. The molecule has 2 unspecified atom stereocenters. The summed E-state index contributed by atoms with van der Waals surface area (Å²) in [4.78, 5) is 51.5. The van der Waals surface area contributed by atoms with E-state index in [0.29, 0.717) is 6.42 Å². The molecule has 176 valence electrons. The molecule has 0 saturated carbocycles. The van der Waals surface area contributed by atoms with Crippen LogP contribution in [0, 0.1) is 0 Å². The molecule has 12 heteroatoms. The molecule has 0 aliphatic heterocycles. The van der Waals surface area contributed by atoms with Crippen LogP contribution in [0.3, 0.4) is 0 Å². The quantitative estimate of drug-likeness (QED) is 0.140. The van der Waals surface area contributed by atoms with E-state index in [1.54, 1.807) is 41.5 Å². The molecule has 0 aromatic heterocycles. The summed E-state index contributed by atoms with van der Waals surface area (Å²) in [5.74, 6) is -2.78. The number of carbonyl (C=O) groups excluding carboxylic acids is 4. The lowest BCUT2D eigenvalue weighted by Crippen LogP contribution is -2.53. The molecular weight excluding hydrogens is 408 g/mol. The lowest BCUT2D eigenvalue weighted by Gasteiger charge is -2.24. The monoisotopic (exact) mass is 442 g/mol. The Morgan fingerprint density at radius 2 is 1.48 bits per heavy atom. The first-order chi connectivity index (χ1) is 14.1. The van der Waals surface area contributed by atoms with E-state index in [0.717, 1.165) is 0 Å². The number of hydrogen-bond acceptors (Lipinski definition) is 8. The number of nitrogens with zero attached hydrogens (tertiary/aromatic N) is 3. The number of carbonyl (C=O) groups is 4. The summed E-state index contributed by atoms with van der Waals surface area (Å²) < 4.78 is 10.3. The second-order valence-electron chi connectivity index (χ2n) is 8.85. The summed E-state index contributed by atoms with van der Waals surface area (Å²) in [6.45, 7) is 10.4. The van der Waals surface area contributed by atoms with Crippen LogP contribution in [0.4, 0.5) is 0 Å². The predicted octanol–water partition coefficient (Wildman–Crippen LogP) is 1.08. The van der Waals surface area contributed by atoms with Gasteiger partial charge in [-0.3, -0.25) is 19.2 Å². The van der Waals surface area contributed by atoms with Crippen LogP contribution in [0.1, 0.15) is 60.8 Å². The van der Waals surface area contributed by atoms with Crippen molar-refractivity contribution in [3.05, 3.63) is 10.4 Å². The van der Waals surface area contributed by atoms with Gasteiger partial charge in [-0.15, -0.1) is 0 Å². The summed E-state index contributed by atoms with van der Waals surface area (Å²) in [5.41, 5.74) is 12.5. The molecule has 0 aromatic rings. The van der Waals surface area contributed by atoms with E-state index in [1.165, 1.54) is 0 Å². The Balaban J connectivity index is 5.06. The first-order valence-electron chi connectivity index (χ1n) is 9.93. The first kappa shape index (κ1) is 28.1. The molecule has 12 nitrogen and oxygen atoms in total. The van der Waals surface area contributed by atoms with Crippen LogP contribution in [-0.4, -0.2) is 60.1 Å². The minimum Gasteiger partial charge on any atom is -0.460 e. The van der Waals surface area contributed by atoms with Crippen LogP contribution in [-0.2, 0) is 28.7 Å². The highest BCUT2D eigenvalue weighted by Gasteiger charge is 2.30. The largest absolute Gasteiger partial charge is 0.460 e. The molecule has 0 bridgehead atoms. The Morgan fingerprint density at radius 1 is 0.968 bits per heavy atom. The third kappa shape index (κ3) is 14.7. The molecule has 0 aromatic carbocycles.